The van der Waals surface area contributed by atoms with E-state index in [9.17, 15) is 4.79 Å². The lowest BCUT2D eigenvalue weighted by molar-refractivity contribution is -0.124. The van der Waals surface area contributed by atoms with E-state index in [2.05, 4.69) is 34.6 Å². The van der Waals surface area contributed by atoms with E-state index in [4.69, 9.17) is 0 Å². The number of benzene rings is 1. The van der Waals surface area contributed by atoms with E-state index in [1.54, 1.807) is 12.5 Å². The third kappa shape index (κ3) is 2.46. The van der Waals surface area contributed by atoms with Gasteiger partial charge in [-0.15, -0.1) is 0 Å². The quantitative estimate of drug-likeness (QED) is 0.905. The van der Waals surface area contributed by atoms with Gasteiger partial charge in [-0.05, 0) is 25.3 Å². The molecule has 1 heterocycles. The fraction of sp³-hybridized carbons (Fsp3) is 0.375. The maximum atomic E-state index is 12.2. The number of nitrogens with zero attached hydrogens (tertiary/aromatic N) is 2. The van der Waals surface area contributed by atoms with E-state index in [0.717, 1.165) is 19.4 Å². The van der Waals surface area contributed by atoms with Crippen LogP contribution in [-0.4, -0.2) is 22.0 Å². The third-order valence-electron chi connectivity index (χ3n) is 4.19. The van der Waals surface area contributed by atoms with Crippen LogP contribution in [0.1, 0.15) is 31.4 Å². The van der Waals surface area contributed by atoms with Gasteiger partial charge in [-0.25, -0.2) is 4.98 Å². The van der Waals surface area contributed by atoms with Crippen molar-refractivity contribution in [2.75, 3.05) is 6.54 Å². The van der Waals surface area contributed by atoms with Gasteiger partial charge in [0.1, 0.15) is 6.04 Å². The molecule has 4 nitrogen and oxygen atoms in total. The van der Waals surface area contributed by atoms with Gasteiger partial charge in [-0.2, -0.15) is 0 Å². The van der Waals surface area contributed by atoms with Gasteiger partial charge in [0.25, 0.3) is 0 Å². The largest absolute Gasteiger partial charge is 0.353 e. The smallest absolute Gasteiger partial charge is 0.242 e. The van der Waals surface area contributed by atoms with Crippen molar-refractivity contribution in [1.29, 1.82) is 0 Å². The number of rotatable bonds is 5. The Labute approximate surface area is 118 Å². The summed E-state index contributed by atoms with van der Waals surface area (Å²) in [6, 6.07) is 10.2. The van der Waals surface area contributed by atoms with Crippen LogP contribution in [-0.2, 0) is 10.2 Å². The second-order valence-corrected chi connectivity index (χ2v) is 5.55. The number of hydrogen-bond acceptors (Lipinski definition) is 2. The van der Waals surface area contributed by atoms with Gasteiger partial charge in [-0.3, -0.25) is 4.79 Å². The fourth-order valence-electron chi connectivity index (χ4n) is 2.55. The van der Waals surface area contributed by atoms with Gasteiger partial charge in [-0.1, -0.05) is 30.3 Å². The molecule has 1 aromatic heterocycles. The minimum absolute atomic E-state index is 0.0465. The third-order valence-corrected chi connectivity index (χ3v) is 4.19. The predicted octanol–water partition coefficient (Wildman–Crippen LogP) is 2.29. The Hall–Kier alpha value is -2.10. The molecule has 104 valence electrons. The molecule has 20 heavy (non-hydrogen) atoms. The molecule has 1 aliphatic rings. The highest BCUT2D eigenvalue weighted by molar-refractivity contribution is 5.80. The maximum absolute atomic E-state index is 12.2. The number of nitrogens with one attached hydrogen (secondary N) is 1. The lowest BCUT2D eigenvalue weighted by atomic mass is 9.96. The number of imidazole rings is 1. The SMILES string of the molecule is CC(C(=O)NCC1(c2ccccc2)CC1)n1ccnc1. The highest BCUT2D eigenvalue weighted by Crippen LogP contribution is 2.47. The number of carbonyl (C=O) groups excluding carboxylic acids is 1. The molecule has 0 spiro atoms. The Morgan fingerprint density at radius 3 is 2.75 bits per heavy atom. The molecule has 1 unspecified atom stereocenters. The molecule has 0 aliphatic heterocycles. The summed E-state index contributed by atoms with van der Waals surface area (Å²) in [4.78, 5) is 16.2. The summed E-state index contributed by atoms with van der Waals surface area (Å²) in [5.74, 6) is 0.0465. The first-order valence-corrected chi connectivity index (χ1v) is 7.02. The summed E-state index contributed by atoms with van der Waals surface area (Å²) < 4.78 is 1.82. The first kappa shape index (κ1) is 12.9. The van der Waals surface area contributed by atoms with Gasteiger partial charge in [0.05, 0.1) is 6.33 Å². The highest BCUT2D eigenvalue weighted by Gasteiger charge is 2.44. The van der Waals surface area contributed by atoms with Crippen LogP contribution in [0.3, 0.4) is 0 Å². The van der Waals surface area contributed by atoms with E-state index >= 15 is 0 Å². The lowest BCUT2D eigenvalue weighted by Gasteiger charge is -2.19. The van der Waals surface area contributed by atoms with Crippen molar-refractivity contribution in [3.63, 3.8) is 0 Å². The van der Waals surface area contributed by atoms with Gasteiger partial charge in [0, 0.05) is 24.4 Å². The second kappa shape index (κ2) is 5.12. The molecule has 3 rings (SSSR count). The fourth-order valence-corrected chi connectivity index (χ4v) is 2.55. The normalized spacial score (nSPS) is 17.4. The van der Waals surface area contributed by atoms with Crippen molar-refractivity contribution < 1.29 is 4.79 Å². The molecule has 0 radical (unpaired) electrons. The molecule has 1 atom stereocenters. The van der Waals surface area contributed by atoms with Crippen molar-refractivity contribution in [2.45, 2.75) is 31.2 Å². The average molecular weight is 269 g/mol. The van der Waals surface area contributed by atoms with Crippen molar-refractivity contribution in [2.24, 2.45) is 0 Å². The molecule has 1 fully saturated rings. The zero-order valence-electron chi connectivity index (χ0n) is 11.6. The van der Waals surface area contributed by atoms with Crippen molar-refractivity contribution >= 4 is 5.91 Å². The van der Waals surface area contributed by atoms with E-state index in [-0.39, 0.29) is 17.4 Å². The van der Waals surface area contributed by atoms with Crippen molar-refractivity contribution in [3.05, 3.63) is 54.6 Å². The standard InChI is InChI=1S/C16H19N3O/c1-13(19-10-9-17-12-19)15(20)18-11-16(7-8-16)14-5-3-2-4-6-14/h2-6,9-10,12-13H,7-8,11H2,1H3,(H,18,20). The van der Waals surface area contributed by atoms with Crippen LogP contribution in [0.25, 0.3) is 0 Å². The number of carbonyl (C=O) groups is 1. The molecule has 1 saturated carbocycles. The predicted molar refractivity (Wildman–Crippen MR) is 77.3 cm³/mol. The maximum Gasteiger partial charge on any atom is 0.242 e. The molecular formula is C16H19N3O. The van der Waals surface area contributed by atoms with Crippen LogP contribution in [0.15, 0.2) is 49.1 Å². The second-order valence-electron chi connectivity index (χ2n) is 5.55. The van der Waals surface area contributed by atoms with E-state index < -0.39 is 0 Å². The Bertz CT molecular complexity index is 573. The summed E-state index contributed by atoms with van der Waals surface area (Å²) in [5, 5.41) is 3.08. The number of aromatic nitrogens is 2. The molecule has 4 heteroatoms. The minimum Gasteiger partial charge on any atom is -0.353 e. The first-order chi connectivity index (χ1) is 9.71. The van der Waals surface area contributed by atoms with Crippen LogP contribution < -0.4 is 5.32 Å². The van der Waals surface area contributed by atoms with Crippen molar-refractivity contribution in [3.8, 4) is 0 Å². The minimum atomic E-state index is -0.218. The van der Waals surface area contributed by atoms with Crippen LogP contribution in [0.4, 0.5) is 0 Å². The van der Waals surface area contributed by atoms with Gasteiger partial charge < -0.3 is 9.88 Å². The Morgan fingerprint density at radius 2 is 2.15 bits per heavy atom. The van der Waals surface area contributed by atoms with Gasteiger partial charge >= 0.3 is 0 Å². The zero-order chi connectivity index (χ0) is 14.0. The van der Waals surface area contributed by atoms with Crippen LogP contribution >= 0.6 is 0 Å². The molecular weight excluding hydrogens is 250 g/mol. The number of amides is 1. The summed E-state index contributed by atoms with van der Waals surface area (Å²) >= 11 is 0. The van der Waals surface area contributed by atoms with E-state index in [1.807, 2.05) is 23.8 Å². The molecule has 1 aromatic carbocycles. The molecule has 0 saturated heterocycles. The summed E-state index contributed by atoms with van der Waals surface area (Å²) in [6.07, 6.45) is 7.48. The van der Waals surface area contributed by atoms with Crippen LogP contribution in [0, 0.1) is 0 Å². The van der Waals surface area contributed by atoms with Gasteiger partial charge in [0.15, 0.2) is 0 Å². The van der Waals surface area contributed by atoms with Crippen LogP contribution in [0.2, 0.25) is 0 Å². The summed E-state index contributed by atoms with van der Waals surface area (Å²) in [6.45, 7) is 2.61. The monoisotopic (exact) mass is 269 g/mol. The molecule has 0 bridgehead atoms. The van der Waals surface area contributed by atoms with E-state index in [0.29, 0.717) is 0 Å². The highest BCUT2D eigenvalue weighted by atomic mass is 16.2. The molecule has 1 amide bonds. The lowest BCUT2D eigenvalue weighted by Crippen LogP contribution is -2.36. The number of hydrogen-bond donors (Lipinski definition) is 1. The first-order valence-electron chi connectivity index (χ1n) is 7.02. The molecule has 1 N–H and O–H groups in total. The Morgan fingerprint density at radius 1 is 1.40 bits per heavy atom. The average Bonchev–Trinajstić information content (AvgIpc) is 3.09. The summed E-state index contributed by atoms with van der Waals surface area (Å²) in [7, 11) is 0. The van der Waals surface area contributed by atoms with Gasteiger partial charge in [0.2, 0.25) is 5.91 Å². The van der Waals surface area contributed by atoms with Crippen molar-refractivity contribution in [1.82, 2.24) is 14.9 Å². The Balaban J connectivity index is 1.61. The van der Waals surface area contributed by atoms with E-state index in [1.165, 1.54) is 5.56 Å². The topological polar surface area (TPSA) is 46.9 Å². The molecule has 1 aliphatic carbocycles. The molecule has 2 aromatic rings. The summed E-state index contributed by atoms with van der Waals surface area (Å²) in [5.41, 5.74) is 1.49. The van der Waals surface area contributed by atoms with Crippen LogP contribution in [0.5, 0.6) is 0 Å². The Kier molecular flexibility index (Phi) is 3.30. The zero-order valence-corrected chi connectivity index (χ0v) is 11.6.